The lowest BCUT2D eigenvalue weighted by atomic mass is 10.2. The largest absolute Gasteiger partial charge is 0.480 e. The minimum atomic E-state index is -1.02. The summed E-state index contributed by atoms with van der Waals surface area (Å²) < 4.78 is 6.91. The number of nitrogens with zero attached hydrogens (tertiary/aromatic N) is 1. The molecule has 2 N–H and O–H groups in total. The molecule has 1 aromatic rings. The lowest BCUT2D eigenvalue weighted by Gasteiger charge is -2.07. The van der Waals surface area contributed by atoms with Gasteiger partial charge in [-0.15, -0.1) is 0 Å². The molecule has 106 valence electrons. The van der Waals surface area contributed by atoms with E-state index >= 15 is 0 Å². The summed E-state index contributed by atoms with van der Waals surface area (Å²) >= 11 is 0. The Labute approximate surface area is 112 Å². The summed E-state index contributed by atoms with van der Waals surface area (Å²) in [5.41, 5.74) is 2.63. The summed E-state index contributed by atoms with van der Waals surface area (Å²) in [7, 11) is 0. The quantitative estimate of drug-likeness (QED) is 0.722. The van der Waals surface area contributed by atoms with Crippen molar-refractivity contribution in [2.24, 2.45) is 0 Å². The average Bonchev–Trinajstić information content (AvgIpc) is 2.63. The second-order valence-electron chi connectivity index (χ2n) is 4.23. The van der Waals surface area contributed by atoms with E-state index in [4.69, 9.17) is 9.84 Å². The number of nitrogens with one attached hydrogen (secondary N) is 1. The van der Waals surface area contributed by atoms with Crippen LogP contribution in [0.15, 0.2) is 6.07 Å². The van der Waals surface area contributed by atoms with Crippen LogP contribution in [-0.2, 0) is 16.1 Å². The molecule has 6 heteroatoms. The van der Waals surface area contributed by atoms with Gasteiger partial charge in [0.2, 0.25) is 0 Å². The maximum atomic E-state index is 11.9. The highest BCUT2D eigenvalue weighted by molar-refractivity contribution is 5.95. The highest BCUT2D eigenvalue weighted by Crippen LogP contribution is 2.14. The number of rotatable bonds is 7. The van der Waals surface area contributed by atoms with Crippen LogP contribution in [0, 0.1) is 13.8 Å². The van der Waals surface area contributed by atoms with Gasteiger partial charge < -0.3 is 19.7 Å². The van der Waals surface area contributed by atoms with E-state index in [-0.39, 0.29) is 19.1 Å². The van der Waals surface area contributed by atoms with Crippen LogP contribution in [0.25, 0.3) is 0 Å². The Kier molecular flexibility index (Phi) is 5.57. The number of hydrogen-bond acceptors (Lipinski definition) is 3. The minimum Gasteiger partial charge on any atom is -0.480 e. The van der Waals surface area contributed by atoms with Gasteiger partial charge in [0, 0.05) is 24.5 Å². The third-order valence-electron chi connectivity index (χ3n) is 2.89. The molecule has 19 heavy (non-hydrogen) atoms. The fourth-order valence-corrected chi connectivity index (χ4v) is 2.01. The number of amides is 1. The second-order valence-corrected chi connectivity index (χ2v) is 4.23. The van der Waals surface area contributed by atoms with E-state index in [2.05, 4.69) is 9.88 Å². The van der Waals surface area contributed by atoms with Gasteiger partial charge in [-0.25, -0.2) is 4.79 Å². The molecule has 0 aliphatic rings. The molecule has 1 heterocycles. The first kappa shape index (κ1) is 15.2. The summed E-state index contributed by atoms with van der Waals surface area (Å²) in [6.45, 7) is 6.86. The predicted molar refractivity (Wildman–Crippen MR) is 70.4 cm³/mol. The van der Waals surface area contributed by atoms with Gasteiger partial charge in [-0.1, -0.05) is 0 Å². The van der Waals surface area contributed by atoms with Crippen LogP contribution in [0.3, 0.4) is 0 Å². The maximum Gasteiger partial charge on any atom is 0.329 e. The Bertz CT molecular complexity index is 465. The van der Waals surface area contributed by atoms with Crippen molar-refractivity contribution in [3.63, 3.8) is 0 Å². The molecule has 6 nitrogen and oxygen atoms in total. The average molecular weight is 268 g/mol. The maximum absolute atomic E-state index is 11.9. The Hall–Kier alpha value is -1.82. The van der Waals surface area contributed by atoms with Crippen LogP contribution in [0.2, 0.25) is 0 Å². The van der Waals surface area contributed by atoms with Crippen molar-refractivity contribution < 1.29 is 19.4 Å². The molecule has 0 saturated heterocycles. The number of carboxylic acid groups (broad SMARTS) is 1. The molecule has 0 bridgehead atoms. The van der Waals surface area contributed by atoms with Crippen LogP contribution in [0.1, 0.15) is 28.7 Å². The first-order valence-electron chi connectivity index (χ1n) is 6.21. The van der Waals surface area contributed by atoms with E-state index in [1.54, 1.807) is 0 Å². The van der Waals surface area contributed by atoms with Gasteiger partial charge in [-0.2, -0.15) is 0 Å². The topological polar surface area (TPSA) is 80.6 Å². The number of carboxylic acids is 1. The van der Waals surface area contributed by atoms with Gasteiger partial charge in [0.25, 0.3) is 5.91 Å². The van der Waals surface area contributed by atoms with Crippen molar-refractivity contribution in [3.05, 3.63) is 23.0 Å². The van der Waals surface area contributed by atoms with E-state index < -0.39 is 5.97 Å². The summed E-state index contributed by atoms with van der Waals surface area (Å²) in [6, 6.07) is 1.85. The van der Waals surface area contributed by atoms with E-state index in [1.165, 1.54) is 0 Å². The summed E-state index contributed by atoms with van der Waals surface area (Å²) in [4.78, 5) is 22.2. The van der Waals surface area contributed by atoms with E-state index in [0.29, 0.717) is 12.1 Å². The monoisotopic (exact) mass is 268 g/mol. The minimum absolute atomic E-state index is 0.160. The van der Waals surface area contributed by atoms with E-state index in [0.717, 1.165) is 17.9 Å². The number of carbonyl (C=O) groups is 2. The Balaban J connectivity index is 2.48. The summed E-state index contributed by atoms with van der Waals surface area (Å²) in [5.74, 6) is -1.18. The predicted octanol–water partition coefficient (Wildman–Crippen LogP) is 0.956. The third kappa shape index (κ3) is 4.10. The lowest BCUT2D eigenvalue weighted by molar-refractivity contribution is -0.142. The molecule has 0 aromatic carbocycles. The Morgan fingerprint density at radius 3 is 2.63 bits per heavy atom. The molecule has 0 aliphatic carbocycles. The molecule has 0 unspecified atom stereocenters. The van der Waals surface area contributed by atoms with Crippen LogP contribution in [-0.4, -0.2) is 41.3 Å². The smallest absolute Gasteiger partial charge is 0.329 e. The SMILES string of the molecule is CCn1c(C)cc(C(=O)NCCOCC(=O)O)c1C. The van der Waals surface area contributed by atoms with Crippen LogP contribution in [0.4, 0.5) is 0 Å². The molecule has 0 spiro atoms. The molecule has 0 saturated carbocycles. The standard InChI is InChI=1S/C13H20N2O4/c1-4-15-9(2)7-11(10(15)3)13(18)14-5-6-19-8-12(16)17/h7H,4-6,8H2,1-3H3,(H,14,18)(H,16,17). The van der Waals surface area contributed by atoms with Gasteiger partial charge in [0.05, 0.1) is 12.2 Å². The van der Waals surface area contributed by atoms with Gasteiger partial charge in [-0.05, 0) is 26.8 Å². The van der Waals surface area contributed by atoms with Crippen LogP contribution >= 0.6 is 0 Å². The summed E-state index contributed by atoms with van der Waals surface area (Å²) in [5, 5.41) is 11.1. The fourth-order valence-electron chi connectivity index (χ4n) is 2.01. The van der Waals surface area contributed by atoms with Crippen molar-refractivity contribution in [1.82, 2.24) is 9.88 Å². The van der Waals surface area contributed by atoms with Crippen molar-refractivity contribution in [2.45, 2.75) is 27.3 Å². The van der Waals surface area contributed by atoms with Crippen molar-refractivity contribution >= 4 is 11.9 Å². The third-order valence-corrected chi connectivity index (χ3v) is 2.89. The fraction of sp³-hybridized carbons (Fsp3) is 0.538. The Morgan fingerprint density at radius 2 is 2.11 bits per heavy atom. The molecule has 0 fully saturated rings. The number of aromatic nitrogens is 1. The molecule has 1 amide bonds. The van der Waals surface area contributed by atoms with Gasteiger partial charge in [0.15, 0.2) is 0 Å². The second kappa shape index (κ2) is 6.94. The van der Waals surface area contributed by atoms with Gasteiger partial charge >= 0.3 is 5.97 Å². The number of aryl methyl sites for hydroxylation is 1. The molecule has 0 atom stereocenters. The molecule has 1 aromatic heterocycles. The highest BCUT2D eigenvalue weighted by Gasteiger charge is 2.14. The highest BCUT2D eigenvalue weighted by atomic mass is 16.5. The number of carbonyl (C=O) groups excluding carboxylic acids is 1. The van der Waals surface area contributed by atoms with Crippen molar-refractivity contribution in [1.29, 1.82) is 0 Å². The molecule has 0 radical (unpaired) electrons. The zero-order valence-electron chi connectivity index (χ0n) is 11.5. The lowest BCUT2D eigenvalue weighted by Crippen LogP contribution is -2.28. The van der Waals surface area contributed by atoms with E-state index in [9.17, 15) is 9.59 Å². The summed E-state index contributed by atoms with van der Waals surface area (Å²) in [6.07, 6.45) is 0. The van der Waals surface area contributed by atoms with Crippen LogP contribution in [0.5, 0.6) is 0 Å². The van der Waals surface area contributed by atoms with Crippen LogP contribution < -0.4 is 5.32 Å². The van der Waals surface area contributed by atoms with Crippen molar-refractivity contribution in [3.8, 4) is 0 Å². The normalized spacial score (nSPS) is 10.5. The Morgan fingerprint density at radius 1 is 1.42 bits per heavy atom. The zero-order valence-corrected chi connectivity index (χ0v) is 11.5. The van der Waals surface area contributed by atoms with Gasteiger partial charge in [-0.3, -0.25) is 4.79 Å². The van der Waals surface area contributed by atoms with Gasteiger partial charge in [0.1, 0.15) is 6.61 Å². The van der Waals surface area contributed by atoms with E-state index in [1.807, 2.05) is 26.8 Å². The number of ether oxygens (including phenoxy) is 1. The van der Waals surface area contributed by atoms with Crippen molar-refractivity contribution in [2.75, 3.05) is 19.8 Å². The zero-order chi connectivity index (χ0) is 14.4. The molecular formula is C13H20N2O4. The number of hydrogen-bond donors (Lipinski definition) is 2. The number of aliphatic carboxylic acids is 1. The molecule has 0 aliphatic heterocycles. The molecular weight excluding hydrogens is 248 g/mol. The first-order valence-corrected chi connectivity index (χ1v) is 6.21. The first-order chi connectivity index (χ1) is 8.97. The molecule has 1 rings (SSSR count).